The molecule has 1 heterocycles. The molecular formula is C31H32N2O3. The quantitative estimate of drug-likeness (QED) is 0.344. The van der Waals surface area contributed by atoms with Gasteiger partial charge in [0.15, 0.2) is 0 Å². The maximum absolute atomic E-state index is 13.2. The van der Waals surface area contributed by atoms with E-state index in [4.69, 9.17) is 9.47 Å². The fourth-order valence-corrected chi connectivity index (χ4v) is 4.79. The summed E-state index contributed by atoms with van der Waals surface area (Å²) < 4.78 is 10.7. The van der Waals surface area contributed by atoms with Crippen LogP contribution < -0.4 is 4.74 Å². The van der Waals surface area contributed by atoms with Gasteiger partial charge < -0.3 is 14.4 Å². The van der Waals surface area contributed by atoms with E-state index < -0.39 is 0 Å². The van der Waals surface area contributed by atoms with Gasteiger partial charge in [-0.1, -0.05) is 54.6 Å². The van der Waals surface area contributed by atoms with Crippen molar-refractivity contribution in [2.75, 3.05) is 40.5 Å². The van der Waals surface area contributed by atoms with Crippen LogP contribution in [0.3, 0.4) is 0 Å². The largest absolute Gasteiger partial charge is 0.497 e. The number of methoxy groups -OCH3 is 1. The van der Waals surface area contributed by atoms with Crippen molar-refractivity contribution >= 4 is 16.7 Å². The summed E-state index contributed by atoms with van der Waals surface area (Å²) in [6.07, 6.45) is 0. The highest BCUT2D eigenvalue weighted by Gasteiger charge is 2.15. The molecule has 4 aromatic rings. The van der Waals surface area contributed by atoms with E-state index in [9.17, 15) is 4.79 Å². The molecule has 0 radical (unpaired) electrons. The summed E-state index contributed by atoms with van der Waals surface area (Å²) in [6, 6.07) is 28.8. The van der Waals surface area contributed by atoms with Gasteiger partial charge in [-0.2, -0.15) is 0 Å². The lowest BCUT2D eigenvalue weighted by molar-refractivity contribution is 0.0342. The molecule has 1 amide bonds. The monoisotopic (exact) mass is 480 g/mol. The summed E-state index contributed by atoms with van der Waals surface area (Å²) in [5, 5.41) is 2.40. The zero-order valence-electron chi connectivity index (χ0n) is 20.9. The van der Waals surface area contributed by atoms with E-state index in [-0.39, 0.29) is 5.91 Å². The summed E-state index contributed by atoms with van der Waals surface area (Å²) in [5.41, 5.74) is 5.30. The molecule has 0 bridgehead atoms. The fraction of sp³-hybridized carbons (Fsp3) is 0.258. The van der Waals surface area contributed by atoms with Gasteiger partial charge in [0.05, 0.1) is 20.3 Å². The topological polar surface area (TPSA) is 42.0 Å². The molecule has 0 aromatic heterocycles. The van der Waals surface area contributed by atoms with E-state index in [0.29, 0.717) is 12.1 Å². The Kier molecular flexibility index (Phi) is 7.31. The number of carbonyl (C=O) groups is 1. The van der Waals surface area contributed by atoms with Crippen molar-refractivity contribution in [2.24, 2.45) is 0 Å². The van der Waals surface area contributed by atoms with Gasteiger partial charge in [-0.15, -0.1) is 0 Å². The number of amides is 1. The Balaban J connectivity index is 1.28. The Morgan fingerprint density at radius 1 is 0.917 bits per heavy atom. The summed E-state index contributed by atoms with van der Waals surface area (Å²) in [4.78, 5) is 17.4. The number of morpholine rings is 1. The Morgan fingerprint density at radius 3 is 2.31 bits per heavy atom. The lowest BCUT2D eigenvalue weighted by atomic mass is 10.0. The van der Waals surface area contributed by atoms with Crippen molar-refractivity contribution in [3.63, 3.8) is 0 Å². The molecule has 1 aliphatic rings. The summed E-state index contributed by atoms with van der Waals surface area (Å²) in [7, 11) is 3.53. The average Bonchev–Trinajstić information content (AvgIpc) is 2.93. The predicted octanol–water partition coefficient (Wildman–Crippen LogP) is 5.62. The Labute approximate surface area is 212 Å². The number of nitrogens with zero attached hydrogens (tertiary/aromatic N) is 2. The van der Waals surface area contributed by atoms with Gasteiger partial charge in [0.1, 0.15) is 5.75 Å². The first-order valence-electron chi connectivity index (χ1n) is 12.4. The molecular weight excluding hydrogens is 448 g/mol. The molecule has 0 saturated carbocycles. The maximum atomic E-state index is 13.2. The van der Waals surface area contributed by atoms with Crippen molar-refractivity contribution in [1.82, 2.24) is 9.80 Å². The first kappa shape index (κ1) is 24.0. The van der Waals surface area contributed by atoms with Crippen molar-refractivity contribution in [3.05, 3.63) is 102 Å². The molecule has 184 valence electrons. The van der Waals surface area contributed by atoms with E-state index in [2.05, 4.69) is 41.3 Å². The minimum absolute atomic E-state index is 0.0113. The molecule has 4 aromatic carbocycles. The molecule has 5 nitrogen and oxygen atoms in total. The van der Waals surface area contributed by atoms with Crippen LogP contribution >= 0.6 is 0 Å². The van der Waals surface area contributed by atoms with Crippen molar-refractivity contribution in [1.29, 1.82) is 0 Å². The zero-order valence-corrected chi connectivity index (χ0v) is 20.9. The van der Waals surface area contributed by atoms with E-state index >= 15 is 0 Å². The van der Waals surface area contributed by atoms with Crippen LogP contribution in [0.5, 0.6) is 5.75 Å². The van der Waals surface area contributed by atoms with Gasteiger partial charge in [0.2, 0.25) is 0 Å². The average molecular weight is 481 g/mol. The molecule has 36 heavy (non-hydrogen) atoms. The van der Waals surface area contributed by atoms with Gasteiger partial charge in [-0.25, -0.2) is 0 Å². The smallest absolute Gasteiger partial charge is 0.253 e. The molecule has 0 aliphatic carbocycles. The van der Waals surface area contributed by atoms with Crippen molar-refractivity contribution in [2.45, 2.75) is 13.1 Å². The highest BCUT2D eigenvalue weighted by molar-refractivity contribution is 5.95. The van der Waals surface area contributed by atoms with Crippen molar-refractivity contribution < 1.29 is 14.3 Å². The van der Waals surface area contributed by atoms with Gasteiger partial charge in [0.25, 0.3) is 5.91 Å². The Bertz CT molecular complexity index is 1330. The van der Waals surface area contributed by atoms with Crippen LogP contribution in [0.1, 0.15) is 21.5 Å². The third-order valence-electron chi connectivity index (χ3n) is 6.85. The Hall–Kier alpha value is -3.67. The summed E-state index contributed by atoms with van der Waals surface area (Å²) in [5.74, 6) is 0.839. The number of hydrogen-bond donors (Lipinski definition) is 0. The minimum atomic E-state index is 0.0113. The first-order chi connectivity index (χ1) is 17.6. The van der Waals surface area contributed by atoms with Crippen LogP contribution in [0, 0.1) is 0 Å². The number of fused-ring (bicyclic) bond motifs is 1. The molecule has 1 aliphatic heterocycles. The summed E-state index contributed by atoms with van der Waals surface area (Å²) in [6.45, 7) is 5.07. The maximum Gasteiger partial charge on any atom is 0.253 e. The van der Waals surface area contributed by atoms with Gasteiger partial charge in [-0.05, 0) is 63.4 Å². The van der Waals surface area contributed by atoms with E-state index in [1.165, 1.54) is 16.3 Å². The number of hydrogen-bond acceptors (Lipinski definition) is 4. The predicted molar refractivity (Wildman–Crippen MR) is 144 cm³/mol. The highest BCUT2D eigenvalue weighted by Crippen LogP contribution is 2.25. The highest BCUT2D eigenvalue weighted by atomic mass is 16.5. The van der Waals surface area contributed by atoms with Gasteiger partial charge >= 0.3 is 0 Å². The fourth-order valence-electron chi connectivity index (χ4n) is 4.79. The zero-order chi connectivity index (χ0) is 24.9. The molecule has 0 spiro atoms. The van der Waals surface area contributed by atoms with Crippen LogP contribution in [-0.2, 0) is 17.8 Å². The van der Waals surface area contributed by atoms with Crippen LogP contribution in [0.2, 0.25) is 0 Å². The molecule has 0 atom stereocenters. The number of ether oxygens (including phenoxy) is 2. The SMILES string of the molecule is COc1ccc(-c2ccc(C(=O)N(C)Cc3cccc4cc(CN5CCOCC5)ccc34)cc2)cc1. The van der Waals surface area contributed by atoms with Crippen LogP contribution in [0.15, 0.2) is 84.9 Å². The number of carbonyl (C=O) groups excluding carboxylic acids is 1. The van der Waals surface area contributed by atoms with Crippen molar-refractivity contribution in [3.8, 4) is 16.9 Å². The molecule has 1 saturated heterocycles. The van der Waals surface area contributed by atoms with Crippen LogP contribution in [0.4, 0.5) is 0 Å². The standard InChI is InChI=1S/C31H32N2O3/c1-32(31(34)26-9-7-24(8-10-26)25-11-13-29(35-2)14-12-25)22-28-5-3-4-27-20-23(6-15-30(27)28)21-33-16-18-36-19-17-33/h3-15,20H,16-19,21-22H2,1-2H3. The molecule has 5 rings (SSSR count). The lowest BCUT2D eigenvalue weighted by Gasteiger charge is -2.26. The minimum Gasteiger partial charge on any atom is -0.497 e. The lowest BCUT2D eigenvalue weighted by Crippen LogP contribution is -2.35. The molecule has 5 heteroatoms. The third kappa shape index (κ3) is 5.43. The van der Waals surface area contributed by atoms with Gasteiger partial charge in [-0.3, -0.25) is 9.69 Å². The Morgan fingerprint density at radius 2 is 1.61 bits per heavy atom. The van der Waals surface area contributed by atoms with Crippen LogP contribution in [-0.4, -0.2) is 56.2 Å². The van der Waals surface area contributed by atoms with E-state index in [0.717, 1.165) is 55.3 Å². The third-order valence-corrected chi connectivity index (χ3v) is 6.85. The number of benzene rings is 4. The van der Waals surface area contributed by atoms with Crippen LogP contribution in [0.25, 0.3) is 21.9 Å². The summed E-state index contributed by atoms with van der Waals surface area (Å²) >= 11 is 0. The first-order valence-corrected chi connectivity index (χ1v) is 12.4. The van der Waals surface area contributed by atoms with Gasteiger partial charge in [0, 0.05) is 38.8 Å². The normalized spacial score (nSPS) is 14.1. The number of rotatable bonds is 7. The molecule has 1 fully saturated rings. The van der Waals surface area contributed by atoms with E-state index in [1.807, 2.05) is 55.6 Å². The molecule has 0 N–H and O–H groups in total. The second-order valence-corrected chi connectivity index (χ2v) is 9.33. The second kappa shape index (κ2) is 10.9. The second-order valence-electron chi connectivity index (χ2n) is 9.33. The van der Waals surface area contributed by atoms with E-state index in [1.54, 1.807) is 12.0 Å². The molecule has 0 unspecified atom stereocenters.